The Kier molecular flexibility index (Phi) is 62.7. The van der Waals surface area contributed by atoms with Gasteiger partial charge in [0, 0.05) is 19.3 Å². The van der Waals surface area contributed by atoms with Crippen molar-refractivity contribution in [2.24, 2.45) is 0 Å². The number of unbranched alkanes of at least 4 members (excludes halogenated alkanes) is 33. The van der Waals surface area contributed by atoms with Gasteiger partial charge in [0.05, 0.1) is 0 Å². The van der Waals surface area contributed by atoms with Crippen LogP contribution in [0.4, 0.5) is 0 Å². The van der Waals surface area contributed by atoms with E-state index in [9.17, 15) is 14.4 Å². The largest absolute Gasteiger partial charge is 0.462 e. The summed E-state index contributed by atoms with van der Waals surface area (Å²) in [7, 11) is 0. The van der Waals surface area contributed by atoms with Gasteiger partial charge in [-0.15, -0.1) is 0 Å². The number of hydrogen-bond donors (Lipinski definition) is 0. The summed E-state index contributed by atoms with van der Waals surface area (Å²) in [5.74, 6) is -0.947. The summed E-state index contributed by atoms with van der Waals surface area (Å²) in [6, 6.07) is 0. The fourth-order valence-electron chi connectivity index (χ4n) is 9.37. The van der Waals surface area contributed by atoms with Gasteiger partial charge in [0.15, 0.2) is 6.10 Å². The normalized spacial score (nSPS) is 12.7. The summed E-state index contributed by atoms with van der Waals surface area (Å²) in [6.07, 6.45) is 88.5. The van der Waals surface area contributed by atoms with Crippen molar-refractivity contribution in [3.05, 3.63) is 97.2 Å². The second-order valence-electron chi connectivity index (χ2n) is 22.0. The van der Waals surface area contributed by atoms with Crippen LogP contribution in [0.3, 0.4) is 0 Å². The molecule has 0 heterocycles. The highest BCUT2D eigenvalue weighted by molar-refractivity contribution is 5.71. The average Bonchev–Trinajstić information content (AvgIpc) is 3.44. The van der Waals surface area contributed by atoms with E-state index < -0.39 is 6.10 Å². The highest BCUT2D eigenvalue weighted by Gasteiger charge is 2.19. The minimum atomic E-state index is -0.804. The molecule has 0 rings (SSSR count). The topological polar surface area (TPSA) is 78.9 Å². The van der Waals surface area contributed by atoms with Crippen molar-refractivity contribution < 1.29 is 28.6 Å². The van der Waals surface area contributed by atoms with Crippen LogP contribution in [-0.4, -0.2) is 37.2 Å². The highest BCUT2D eigenvalue weighted by atomic mass is 16.6. The molecule has 0 aromatic carbocycles. The molecule has 448 valence electrons. The smallest absolute Gasteiger partial charge is 0.306 e. The predicted molar refractivity (Wildman–Crippen MR) is 339 cm³/mol. The Morgan fingerprint density at radius 1 is 0.269 bits per heavy atom. The number of ether oxygens (including phenoxy) is 3. The van der Waals surface area contributed by atoms with Gasteiger partial charge < -0.3 is 14.2 Å². The summed E-state index contributed by atoms with van der Waals surface area (Å²) >= 11 is 0. The van der Waals surface area contributed by atoms with Gasteiger partial charge in [-0.1, -0.05) is 304 Å². The molecule has 6 heteroatoms. The fourth-order valence-corrected chi connectivity index (χ4v) is 9.37. The van der Waals surface area contributed by atoms with Gasteiger partial charge in [-0.3, -0.25) is 14.4 Å². The Hall–Kier alpha value is -3.67. The molecule has 0 aliphatic carbocycles. The summed E-state index contributed by atoms with van der Waals surface area (Å²) in [5, 5.41) is 0. The molecule has 1 unspecified atom stereocenters. The maximum Gasteiger partial charge on any atom is 0.306 e. The summed E-state index contributed by atoms with van der Waals surface area (Å²) < 4.78 is 16.9. The van der Waals surface area contributed by atoms with Gasteiger partial charge in [-0.05, 0) is 96.3 Å². The van der Waals surface area contributed by atoms with Crippen LogP contribution in [0.5, 0.6) is 0 Å². The lowest BCUT2D eigenvalue weighted by Crippen LogP contribution is -2.30. The SMILES string of the molecule is CC/C=C\C/C=C\C/C=C\C/C=C\C/C=C\C/C=C\C/C=C\CCCC(=O)OCC(COC(=O)CCCCCCCCC/C=C\CCCCCCCCC)OC(=O)CCCCCCCCCCCCCCCCCCCCC. The molecule has 0 fully saturated rings. The zero-order valence-electron chi connectivity index (χ0n) is 51.4. The van der Waals surface area contributed by atoms with Gasteiger partial charge >= 0.3 is 17.9 Å². The number of hydrogen-bond acceptors (Lipinski definition) is 6. The highest BCUT2D eigenvalue weighted by Crippen LogP contribution is 2.17. The standard InChI is InChI=1S/C72H124O6/c1-4-7-10-13-16-19-22-25-28-31-34-35-36-37-39-41-44-47-50-53-56-59-62-65-71(74)77-68-69(67-76-70(73)64-61-58-55-52-49-46-43-40-33-30-27-24-21-18-15-12-9-6-3)78-72(75)66-63-60-57-54-51-48-45-42-38-32-29-26-23-20-17-14-11-8-5-2/h7,10,16,19,25,28,30,33-35,37,39,44,47,53,56,69H,4-6,8-9,11-15,17-18,20-24,26-27,29,31-32,36,38,40-43,45-46,48-52,54-55,57-68H2,1-3H3/b10-7-,19-16-,28-25-,33-30-,35-34-,39-37-,47-44-,56-53-. The van der Waals surface area contributed by atoms with Crippen LogP contribution >= 0.6 is 0 Å². The van der Waals surface area contributed by atoms with E-state index in [4.69, 9.17) is 14.2 Å². The number of allylic oxidation sites excluding steroid dienone is 16. The first-order valence-electron chi connectivity index (χ1n) is 33.2. The van der Waals surface area contributed by atoms with E-state index >= 15 is 0 Å². The molecular weight excluding hydrogens is 961 g/mol. The van der Waals surface area contributed by atoms with E-state index in [1.807, 2.05) is 0 Å². The van der Waals surface area contributed by atoms with Crippen LogP contribution in [-0.2, 0) is 28.6 Å². The van der Waals surface area contributed by atoms with Crippen LogP contribution < -0.4 is 0 Å². The average molecular weight is 1090 g/mol. The van der Waals surface area contributed by atoms with E-state index in [-0.39, 0.29) is 37.5 Å². The molecule has 0 amide bonds. The molecule has 0 radical (unpaired) electrons. The zero-order valence-corrected chi connectivity index (χ0v) is 51.4. The third kappa shape index (κ3) is 63.2. The Morgan fingerprint density at radius 2 is 0.513 bits per heavy atom. The second-order valence-corrected chi connectivity index (χ2v) is 22.0. The first kappa shape index (κ1) is 74.3. The first-order valence-corrected chi connectivity index (χ1v) is 33.2. The fraction of sp³-hybridized carbons (Fsp3) is 0.736. The summed E-state index contributed by atoms with van der Waals surface area (Å²) in [6.45, 7) is 6.51. The molecule has 0 aliphatic rings. The van der Waals surface area contributed by atoms with Crippen LogP contribution in [0.25, 0.3) is 0 Å². The zero-order chi connectivity index (χ0) is 56.4. The predicted octanol–water partition coefficient (Wildman–Crippen LogP) is 22.8. The van der Waals surface area contributed by atoms with Gasteiger partial charge in [0.1, 0.15) is 13.2 Å². The van der Waals surface area contributed by atoms with Crippen molar-refractivity contribution in [2.75, 3.05) is 13.2 Å². The molecule has 0 aliphatic heterocycles. The van der Waals surface area contributed by atoms with Gasteiger partial charge in [-0.2, -0.15) is 0 Å². The number of carbonyl (C=O) groups is 3. The Labute approximate surface area is 483 Å². The molecule has 0 spiro atoms. The Morgan fingerprint density at radius 3 is 0.846 bits per heavy atom. The van der Waals surface area contributed by atoms with Crippen molar-refractivity contribution in [1.29, 1.82) is 0 Å². The Balaban J connectivity index is 4.47. The van der Waals surface area contributed by atoms with Gasteiger partial charge in [0.2, 0.25) is 0 Å². The Bertz CT molecular complexity index is 1530. The van der Waals surface area contributed by atoms with Crippen molar-refractivity contribution in [1.82, 2.24) is 0 Å². The molecule has 0 saturated carbocycles. The van der Waals surface area contributed by atoms with Gasteiger partial charge in [-0.25, -0.2) is 0 Å². The maximum atomic E-state index is 12.9. The third-order valence-corrected chi connectivity index (χ3v) is 14.3. The molecule has 0 saturated heterocycles. The third-order valence-electron chi connectivity index (χ3n) is 14.3. The minimum Gasteiger partial charge on any atom is -0.462 e. The molecule has 78 heavy (non-hydrogen) atoms. The lowest BCUT2D eigenvalue weighted by molar-refractivity contribution is -0.167. The maximum absolute atomic E-state index is 12.9. The van der Waals surface area contributed by atoms with Crippen LogP contribution in [0, 0.1) is 0 Å². The van der Waals surface area contributed by atoms with Crippen molar-refractivity contribution in [3.8, 4) is 0 Å². The van der Waals surface area contributed by atoms with E-state index in [0.29, 0.717) is 19.3 Å². The van der Waals surface area contributed by atoms with Crippen LogP contribution in [0.2, 0.25) is 0 Å². The van der Waals surface area contributed by atoms with Crippen LogP contribution in [0.15, 0.2) is 97.2 Å². The van der Waals surface area contributed by atoms with Crippen molar-refractivity contribution in [3.63, 3.8) is 0 Å². The minimum absolute atomic E-state index is 0.0954. The lowest BCUT2D eigenvalue weighted by atomic mass is 10.0. The number of carbonyl (C=O) groups excluding carboxylic acids is 3. The molecule has 0 N–H and O–H groups in total. The lowest BCUT2D eigenvalue weighted by Gasteiger charge is -2.18. The van der Waals surface area contributed by atoms with Crippen molar-refractivity contribution in [2.45, 2.75) is 329 Å². The van der Waals surface area contributed by atoms with E-state index in [1.54, 1.807) is 0 Å². The molecule has 0 bridgehead atoms. The molecule has 0 aromatic heterocycles. The second kappa shape index (κ2) is 65.8. The molecule has 1 atom stereocenters. The van der Waals surface area contributed by atoms with Crippen molar-refractivity contribution >= 4 is 17.9 Å². The monoisotopic (exact) mass is 1080 g/mol. The van der Waals surface area contributed by atoms with Crippen LogP contribution in [0.1, 0.15) is 323 Å². The van der Waals surface area contributed by atoms with E-state index in [2.05, 4.69) is 118 Å². The number of rotatable bonds is 60. The number of esters is 3. The summed E-state index contributed by atoms with van der Waals surface area (Å²) in [5.41, 5.74) is 0. The van der Waals surface area contributed by atoms with E-state index in [1.165, 1.54) is 186 Å². The quantitative estimate of drug-likeness (QED) is 0.0261. The first-order chi connectivity index (χ1) is 38.5. The summed E-state index contributed by atoms with van der Waals surface area (Å²) in [4.78, 5) is 38.4. The van der Waals surface area contributed by atoms with Gasteiger partial charge in [0.25, 0.3) is 0 Å². The molecular formula is C72H124O6. The molecule has 0 aromatic rings. The van der Waals surface area contributed by atoms with E-state index in [0.717, 1.165) is 89.9 Å². The molecule has 6 nitrogen and oxygen atoms in total.